The molecule has 1 saturated carbocycles. The Balaban J connectivity index is 1.49. The van der Waals surface area contributed by atoms with Crippen LogP contribution >= 0.6 is 10.0 Å². The molecule has 3 aromatic rings. The first-order valence-corrected chi connectivity index (χ1v) is 17.3. The summed E-state index contributed by atoms with van der Waals surface area (Å²) in [6.45, 7) is 8.47. The van der Waals surface area contributed by atoms with Crippen molar-refractivity contribution in [3.8, 4) is 11.1 Å². The van der Waals surface area contributed by atoms with Gasteiger partial charge in [-0.25, -0.2) is 19.7 Å². The van der Waals surface area contributed by atoms with E-state index in [1.54, 1.807) is 23.7 Å². The summed E-state index contributed by atoms with van der Waals surface area (Å²) in [7, 11) is -0.655. The first kappa shape index (κ1) is 31.7. The molecule has 1 aliphatic rings. The Bertz CT molecular complexity index is 1410. The highest BCUT2D eigenvalue weighted by molar-refractivity contribution is 8.32. The van der Waals surface area contributed by atoms with Gasteiger partial charge in [0.15, 0.2) is 0 Å². The second kappa shape index (κ2) is 13.4. The molecular weight excluding hydrogens is 559 g/mol. The number of halogens is 1. The zero-order chi connectivity index (χ0) is 30.6. The van der Waals surface area contributed by atoms with Crippen molar-refractivity contribution in [1.29, 1.82) is 0 Å². The molecular formula is C30H43FN6O4S. The van der Waals surface area contributed by atoms with Gasteiger partial charge in [-0.2, -0.15) is 9.49 Å². The number of aromatic nitrogens is 4. The molecule has 1 atom stereocenters. The average molecular weight is 603 g/mol. The van der Waals surface area contributed by atoms with Gasteiger partial charge in [-0.3, -0.25) is 9.59 Å². The number of nitrogens with one attached hydrogen (secondary N) is 2. The molecule has 0 radical (unpaired) electrons. The fraction of sp³-hybridized carbons (Fsp3) is 0.567. The van der Waals surface area contributed by atoms with E-state index in [9.17, 15) is 9.59 Å². The minimum Gasteiger partial charge on any atom is -0.364 e. The zero-order valence-electron chi connectivity index (χ0n) is 25.6. The lowest BCUT2D eigenvalue weighted by atomic mass is 9.79. The molecule has 0 aliphatic heterocycles. The van der Waals surface area contributed by atoms with Crippen LogP contribution in [0.1, 0.15) is 60.0 Å². The number of hydrogen-bond acceptors (Lipinski definition) is 7. The van der Waals surface area contributed by atoms with E-state index < -0.39 is 33.8 Å². The number of hydrogen-bond donors (Lipinski definition) is 2. The standard InChI is InChI=1S/C30H43FN6O4S/c1-18-8-10-22(11-9-18)27(34-29(38)24-16-41-36-19(24)2)30(39)33-25-13-12-23(28(31)32-25)26-20(3)35-37(21(26)4)17-40-14-15-42(5,6)7/h12-13,16,18,22,27H,8-11,14-15,17H2,1-7H3,(H,34,38)(H,32,33,39)/t18-,22-,27-/m0/s1. The third-order valence-electron chi connectivity index (χ3n) is 7.90. The van der Waals surface area contributed by atoms with Crippen LogP contribution in [0.25, 0.3) is 11.1 Å². The summed E-state index contributed by atoms with van der Waals surface area (Å²) in [5.74, 6) is -0.0199. The molecule has 42 heavy (non-hydrogen) atoms. The topological polar surface area (TPSA) is 124 Å². The van der Waals surface area contributed by atoms with E-state index in [2.05, 4.69) is 51.6 Å². The van der Waals surface area contributed by atoms with E-state index in [1.807, 2.05) is 13.8 Å². The lowest BCUT2D eigenvalue weighted by molar-refractivity contribution is -0.119. The van der Waals surface area contributed by atoms with Crippen molar-refractivity contribution in [3.63, 3.8) is 0 Å². The number of rotatable bonds is 11. The van der Waals surface area contributed by atoms with Crippen molar-refractivity contribution >= 4 is 27.7 Å². The second-order valence-electron chi connectivity index (χ2n) is 12.2. The van der Waals surface area contributed by atoms with E-state index in [0.717, 1.165) is 37.1 Å². The van der Waals surface area contributed by atoms with Crippen LogP contribution in [0, 0.1) is 38.6 Å². The third-order valence-corrected chi connectivity index (χ3v) is 9.29. The molecule has 3 heterocycles. The highest BCUT2D eigenvalue weighted by Gasteiger charge is 2.33. The highest BCUT2D eigenvalue weighted by atomic mass is 32.3. The monoisotopic (exact) mass is 602 g/mol. The summed E-state index contributed by atoms with van der Waals surface area (Å²) in [4.78, 5) is 30.5. The molecule has 1 aliphatic carbocycles. The van der Waals surface area contributed by atoms with Gasteiger partial charge in [-0.05, 0) is 76.3 Å². The number of ether oxygens (including phenoxy) is 1. The first-order valence-electron chi connectivity index (χ1n) is 14.3. The van der Waals surface area contributed by atoms with Gasteiger partial charge in [-0.15, -0.1) is 0 Å². The Morgan fingerprint density at radius 1 is 1.14 bits per heavy atom. The van der Waals surface area contributed by atoms with Crippen LogP contribution in [-0.2, 0) is 16.3 Å². The molecule has 0 aromatic carbocycles. The molecule has 10 nitrogen and oxygen atoms in total. The van der Waals surface area contributed by atoms with Crippen LogP contribution in [0.5, 0.6) is 0 Å². The Morgan fingerprint density at radius 3 is 2.48 bits per heavy atom. The van der Waals surface area contributed by atoms with Gasteiger partial charge >= 0.3 is 0 Å². The van der Waals surface area contributed by atoms with Crippen LogP contribution in [-0.4, -0.2) is 68.9 Å². The smallest absolute Gasteiger partial charge is 0.257 e. The van der Waals surface area contributed by atoms with E-state index in [4.69, 9.17) is 9.26 Å². The van der Waals surface area contributed by atoms with Gasteiger partial charge in [0, 0.05) is 22.6 Å². The summed E-state index contributed by atoms with van der Waals surface area (Å²) in [6.07, 6.45) is 11.5. The van der Waals surface area contributed by atoms with Crippen LogP contribution in [0.4, 0.5) is 10.2 Å². The predicted octanol–water partition coefficient (Wildman–Crippen LogP) is 5.23. The predicted molar refractivity (Wildman–Crippen MR) is 163 cm³/mol. The lowest BCUT2D eigenvalue weighted by Gasteiger charge is -2.32. The van der Waals surface area contributed by atoms with Gasteiger partial charge in [0.1, 0.15) is 30.4 Å². The zero-order valence-corrected chi connectivity index (χ0v) is 26.4. The largest absolute Gasteiger partial charge is 0.364 e. The summed E-state index contributed by atoms with van der Waals surface area (Å²) < 4.78 is 27.9. The minimum atomic E-state index is -0.813. The van der Waals surface area contributed by atoms with Crippen molar-refractivity contribution in [1.82, 2.24) is 25.2 Å². The molecule has 2 N–H and O–H groups in total. The maximum absolute atomic E-state index is 15.4. The number of carbonyl (C=O) groups is 2. The van der Waals surface area contributed by atoms with Crippen LogP contribution in [0.3, 0.4) is 0 Å². The molecule has 1 fully saturated rings. The second-order valence-corrected chi connectivity index (χ2v) is 16.8. The summed E-state index contributed by atoms with van der Waals surface area (Å²) in [5, 5.41) is 13.9. The molecule has 12 heteroatoms. The Kier molecular flexibility index (Phi) is 10.1. The van der Waals surface area contributed by atoms with E-state index in [0.29, 0.717) is 35.0 Å². The lowest BCUT2D eigenvalue weighted by Crippen LogP contribution is -2.49. The van der Waals surface area contributed by atoms with Gasteiger partial charge in [0.2, 0.25) is 11.9 Å². The third kappa shape index (κ3) is 7.77. The van der Waals surface area contributed by atoms with Crippen molar-refractivity contribution in [2.75, 3.05) is 36.4 Å². The van der Waals surface area contributed by atoms with Gasteiger partial charge in [0.05, 0.1) is 18.0 Å². The molecule has 3 aromatic heterocycles. The number of carbonyl (C=O) groups excluding carboxylic acids is 2. The number of nitrogens with zero attached hydrogens (tertiary/aromatic N) is 4. The molecule has 0 spiro atoms. The number of anilines is 1. The van der Waals surface area contributed by atoms with E-state index in [1.165, 1.54) is 6.26 Å². The van der Waals surface area contributed by atoms with Crippen molar-refractivity contribution in [2.45, 2.75) is 66.2 Å². The van der Waals surface area contributed by atoms with Crippen molar-refractivity contribution < 1.29 is 23.2 Å². The van der Waals surface area contributed by atoms with Crippen LogP contribution in [0.2, 0.25) is 0 Å². The van der Waals surface area contributed by atoms with E-state index >= 15 is 4.39 Å². The van der Waals surface area contributed by atoms with Crippen LogP contribution in [0.15, 0.2) is 22.9 Å². The van der Waals surface area contributed by atoms with Gasteiger partial charge in [-0.1, -0.05) is 24.9 Å². The quantitative estimate of drug-likeness (QED) is 0.228. The normalized spacial score (nSPS) is 18.5. The summed E-state index contributed by atoms with van der Waals surface area (Å²) in [6, 6.07) is 2.35. The fourth-order valence-electron chi connectivity index (χ4n) is 5.31. The first-order chi connectivity index (χ1) is 19.8. The van der Waals surface area contributed by atoms with Gasteiger partial charge in [0.25, 0.3) is 5.91 Å². The SMILES string of the molecule is Cc1nocc1C(=O)N[C@H](C(=O)Nc1ccc(-c2c(C)nn(COCCS(C)(C)C)c2C)c(F)n1)[C@H]1CC[C@H](C)CC1. The van der Waals surface area contributed by atoms with Crippen molar-refractivity contribution in [2.24, 2.45) is 11.8 Å². The maximum atomic E-state index is 15.4. The Labute approximate surface area is 248 Å². The molecule has 0 saturated heterocycles. The number of amides is 2. The summed E-state index contributed by atoms with van der Waals surface area (Å²) >= 11 is 0. The van der Waals surface area contributed by atoms with Gasteiger partial charge < -0.3 is 19.9 Å². The molecule has 230 valence electrons. The van der Waals surface area contributed by atoms with E-state index in [-0.39, 0.29) is 24.0 Å². The fourth-order valence-corrected chi connectivity index (χ4v) is 5.93. The maximum Gasteiger partial charge on any atom is 0.257 e. The Morgan fingerprint density at radius 2 is 1.86 bits per heavy atom. The average Bonchev–Trinajstić information content (AvgIpc) is 3.47. The number of aryl methyl sites for hydroxylation is 2. The number of pyridine rings is 1. The molecule has 0 unspecified atom stereocenters. The Hall–Kier alpha value is -3.25. The molecule has 0 bridgehead atoms. The summed E-state index contributed by atoms with van der Waals surface area (Å²) in [5.41, 5.74) is 3.09. The molecule has 4 rings (SSSR count). The minimum absolute atomic E-state index is 0.0578. The highest BCUT2D eigenvalue weighted by Crippen LogP contribution is 2.34. The van der Waals surface area contributed by atoms with Crippen molar-refractivity contribution in [3.05, 3.63) is 47.0 Å². The molecule has 2 amide bonds. The van der Waals surface area contributed by atoms with Crippen LogP contribution < -0.4 is 10.6 Å².